The summed E-state index contributed by atoms with van der Waals surface area (Å²) in [6.07, 6.45) is 11.8. The quantitative estimate of drug-likeness (QED) is 0.405. The van der Waals surface area contributed by atoms with E-state index in [4.69, 9.17) is 0 Å². The van der Waals surface area contributed by atoms with Gasteiger partial charge in [0.05, 0.1) is 16.5 Å². The summed E-state index contributed by atoms with van der Waals surface area (Å²) in [6, 6.07) is 6.99. The van der Waals surface area contributed by atoms with Crippen LogP contribution in [0.15, 0.2) is 29.4 Å². The molecule has 3 aliphatic rings. The van der Waals surface area contributed by atoms with Crippen LogP contribution in [0.5, 0.6) is 0 Å². The molecule has 200 valence electrons. The topological polar surface area (TPSA) is 71.3 Å². The first-order valence-corrected chi connectivity index (χ1v) is 14.9. The third-order valence-corrected chi connectivity index (χ3v) is 10.4. The molecular weight excluding hydrogens is 480 g/mol. The lowest BCUT2D eigenvalue weighted by Crippen LogP contribution is -2.46. The number of nitrogens with one attached hydrogen (secondary N) is 1. The first-order valence-electron chi connectivity index (χ1n) is 14.0. The highest BCUT2D eigenvalue weighted by molar-refractivity contribution is 7.99. The van der Waals surface area contributed by atoms with Crippen molar-refractivity contribution in [1.29, 1.82) is 0 Å². The Morgan fingerprint density at radius 2 is 1.76 bits per heavy atom. The number of benzene rings is 1. The highest BCUT2D eigenvalue weighted by Gasteiger charge is 2.40. The lowest BCUT2D eigenvalue weighted by atomic mass is 9.80. The molecule has 3 saturated carbocycles. The Kier molecular flexibility index (Phi) is 7.01. The van der Waals surface area contributed by atoms with Gasteiger partial charge in [0.25, 0.3) is 5.91 Å². The van der Waals surface area contributed by atoms with Crippen molar-refractivity contribution in [3.05, 3.63) is 46.6 Å². The fourth-order valence-electron chi connectivity index (χ4n) is 5.70. The number of aromatic nitrogens is 1. The van der Waals surface area contributed by atoms with E-state index in [1.165, 1.54) is 61.1 Å². The Labute approximate surface area is 225 Å². The van der Waals surface area contributed by atoms with E-state index in [1.54, 1.807) is 0 Å². The van der Waals surface area contributed by atoms with Crippen LogP contribution >= 0.6 is 11.8 Å². The Morgan fingerprint density at radius 3 is 2.35 bits per heavy atom. The fourth-order valence-corrected chi connectivity index (χ4v) is 7.14. The summed E-state index contributed by atoms with van der Waals surface area (Å²) in [5, 5.41) is 14.1. The van der Waals surface area contributed by atoms with Crippen molar-refractivity contribution in [2.24, 2.45) is 5.92 Å². The van der Waals surface area contributed by atoms with E-state index in [2.05, 4.69) is 62.7 Å². The van der Waals surface area contributed by atoms with E-state index in [0.717, 1.165) is 11.3 Å². The SMILES string of the molecule is Cc1c(C(=O)NC2CC(C(=O)O)C2)cn(-c2cc(C(C)(C)C)cc(C3(C)CC3)c2)c1SC1CCCCC1. The molecule has 1 aromatic heterocycles. The largest absolute Gasteiger partial charge is 0.481 e. The number of hydrogen-bond donors (Lipinski definition) is 2. The summed E-state index contributed by atoms with van der Waals surface area (Å²) in [5.41, 5.74) is 5.88. The van der Waals surface area contributed by atoms with Gasteiger partial charge in [-0.3, -0.25) is 9.59 Å². The molecule has 0 aliphatic heterocycles. The number of carbonyl (C=O) groups excluding carboxylic acids is 1. The summed E-state index contributed by atoms with van der Waals surface area (Å²) in [7, 11) is 0. The van der Waals surface area contributed by atoms with Crippen molar-refractivity contribution in [3.8, 4) is 5.69 Å². The van der Waals surface area contributed by atoms with Gasteiger partial charge in [-0.1, -0.05) is 53.0 Å². The van der Waals surface area contributed by atoms with Crippen LogP contribution in [0.4, 0.5) is 0 Å². The predicted octanol–water partition coefficient (Wildman–Crippen LogP) is 7.15. The zero-order valence-electron chi connectivity index (χ0n) is 23.0. The summed E-state index contributed by atoms with van der Waals surface area (Å²) in [6.45, 7) is 11.2. The first kappa shape index (κ1) is 26.4. The Morgan fingerprint density at radius 1 is 1.08 bits per heavy atom. The molecule has 5 nitrogen and oxygen atoms in total. The minimum Gasteiger partial charge on any atom is -0.481 e. The molecule has 6 heteroatoms. The molecule has 1 aromatic carbocycles. The molecule has 5 rings (SSSR count). The fraction of sp³-hybridized carbons (Fsp3) is 0.613. The maximum atomic E-state index is 13.4. The summed E-state index contributed by atoms with van der Waals surface area (Å²) < 4.78 is 2.27. The van der Waals surface area contributed by atoms with Crippen molar-refractivity contribution in [1.82, 2.24) is 9.88 Å². The smallest absolute Gasteiger partial charge is 0.306 e. The zero-order chi connectivity index (χ0) is 26.5. The monoisotopic (exact) mass is 522 g/mol. The summed E-state index contributed by atoms with van der Waals surface area (Å²) in [4.78, 5) is 24.6. The van der Waals surface area contributed by atoms with Crippen LogP contribution in [0.2, 0.25) is 0 Å². The van der Waals surface area contributed by atoms with Gasteiger partial charge in [0.2, 0.25) is 0 Å². The first-order chi connectivity index (χ1) is 17.4. The summed E-state index contributed by atoms with van der Waals surface area (Å²) in [5.74, 6) is -1.19. The van der Waals surface area contributed by atoms with Gasteiger partial charge in [-0.05, 0) is 85.1 Å². The minimum atomic E-state index is -0.766. The van der Waals surface area contributed by atoms with Crippen molar-refractivity contribution in [3.63, 3.8) is 0 Å². The molecule has 1 heterocycles. The molecule has 0 atom stereocenters. The van der Waals surface area contributed by atoms with E-state index in [-0.39, 0.29) is 28.7 Å². The normalized spacial score (nSPS) is 23.4. The number of carboxylic acids is 1. The number of carboxylic acid groups (broad SMARTS) is 1. The molecular formula is C31H42N2O3S. The van der Waals surface area contributed by atoms with Crippen LogP contribution in [0, 0.1) is 12.8 Å². The number of aliphatic carboxylic acids is 1. The Balaban J connectivity index is 1.52. The van der Waals surface area contributed by atoms with E-state index in [9.17, 15) is 14.7 Å². The van der Waals surface area contributed by atoms with Gasteiger partial charge >= 0.3 is 5.97 Å². The molecule has 2 aromatic rings. The Bertz CT molecular complexity index is 1170. The number of hydrogen-bond acceptors (Lipinski definition) is 3. The van der Waals surface area contributed by atoms with Gasteiger partial charge in [0.15, 0.2) is 0 Å². The third kappa shape index (κ3) is 5.50. The van der Waals surface area contributed by atoms with Crippen molar-refractivity contribution in [2.75, 3.05) is 0 Å². The number of nitrogens with zero attached hydrogens (tertiary/aromatic N) is 1. The number of amides is 1. The van der Waals surface area contributed by atoms with Gasteiger partial charge in [0, 0.05) is 23.2 Å². The van der Waals surface area contributed by atoms with Gasteiger partial charge in [-0.25, -0.2) is 0 Å². The standard InChI is InChI=1S/C31H42N2O3S/c1-19-26(27(34)32-23-13-20(14-23)29(35)36)18-33(28(19)37-25-9-7-6-8-10-25)24-16-21(30(2,3)4)15-22(17-24)31(5)11-12-31/h15-18,20,23,25H,6-14H2,1-5H3,(H,32,34)(H,35,36). The molecule has 1 amide bonds. The van der Waals surface area contributed by atoms with Crippen molar-refractivity contribution >= 4 is 23.6 Å². The van der Waals surface area contributed by atoms with E-state index in [1.807, 2.05) is 18.0 Å². The molecule has 3 fully saturated rings. The lowest BCUT2D eigenvalue weighted by Gasteiger charge is -2.32. The van der Waals surface area contributed by atoms with Gasteiger partial charge in [0.1, 0.15) is 0 Å². The molecule has 37 heavy (non-hydrogen) atoms. The minimum absolute atomic E-state index is 0.0278. The second-order valence-electron chi connectivity index (χ2n) is 13.0. The lowest BCUT2D eigenvalue weighted by molar-refractivity contribution is -0.145. The Hall–Kier alpha value is -2.21. The van der Waals surface area contributed by atoms with Crippen LogP contribution in [0.25, 0.3) is 5.69 Å². The summed E-state index contributed by atoms with van der Waals surface area (Å²) >= 11 is 1.94. The van der Waals surface area contributed by atoms with Crippen molar-refractivity contribution in [2.45, 2.75) is 120 Å². The van der Waals surface area contributed by atoms with E-state index < -0.39 is 5.97 Å². The molecule has 3 aliphatic carbocycles. The average molecular weight is 523 g/mol. The van der Waals surface area contributed by atoms with Gasteiger partial charge in [-0.15, -0.1) is 11.8 Å². The molecule has 0 unspecified atom stereocenters. The molecule has 0 spiro atoms. The predicted molar refractivity (Wildman–Crippen MR) is 150 cm³/mol. The zero-order valence-corrected chi connectivity index (χ0v) is 23.8. The number of rotatable bonds is 7. The maximum Gasteiger partial charge on any atom is 0.306 e. The van der Waals surface area contributed by atoms with Crippen LogP contribution in [-0.4, -0.2) is 32.8 Å². The molecule has 0 radical (unpaired) electrons. The van der Waals surface area contributed by atoms with Gasteiger partial charge in [-0.2, -0.15) is 0 Å². The number of thioether (sulfide) groups is 1. The van der Waals surface area contributed by atoms with E-state index in [0.29, 0.717) is 23.7 Å². The average Bonchev–Trinajstić information content (AvgIpc) is 3.50. The molecule has 0 bridgehead atoms. The second-order valence-corrected chi connectivity index (χ2v) is 14.3. The third-order valence-electron chi connectivity index (χ3n) is 8.86. The molecule has 2 N–H and O–H groups in total. The van der Waals surface area contributed by atoms with Crippen LogP contribution in [0.3, 0.4) is 0 Å². The van der Waals surface area contributed by atoms with Gasteiger partial charge < -0.3 is 15.0 Å². The maximum absolute atomic E-state index is 13.4. The van der Waals surface area contributed by atoms with Crippen LogP contribution in [-0.2, 0) is 15.6 Å². The number of carbonyl (C=O) groups is 2. The second kappa shape index (κ2) is 9.83. The molecule has 0 saturated heterocycles. The highest BCUT2D eigenvalue weighted by atomic mass is 32.2. The van der Waals surface area contributed by atoms with Crippen molar-refractivity contribution < 1.29 is 14.7 Å². The van der Waals surface area contributed by atoms with Crippen LogP contribution < -0.4 is 5.32 Å². The van der Waals surface area contributed by atoms with E-state index >= 15 is 0 Å². The van der Waals surface area contributed by atoms with Crippen LogP contribution in [0.1, 0.15) is 113 Å². The highest BCUT2D eigenvalue weighted by Crippen LogP contribution is 2.49.